The van der Waals surface area contributed by atoms with Crippen molar-refractivity contribution in [3.8, 4) is 10.6 Å². The molecule has 3 rings (SSSR count). The highest BCUT2D eigenvalue weighted by molar-refractivity contribution is 7.80. The number of carboxylic acid groups (broad SMARTS) is 1. The van der Waals surface area contributed by atoms with Gasteiger partial charge < -0.3 is 15.7 Å². The van der Waals surface area contributed by atoms with Crippen LogP contribution in [0.4, 0.5) is 10.3 Å². The topological polar surface area (TPSA) is 87.1 Å². The number of aromatic nitrogens is 2. The van der Waals surface area contributed by atoms with Gasteiger partial charge in [0, 0.05) is 6.20 Å². The van der Waals surface area contributed by atoms with Gasteiger partial charge >= 0.3 is 5.97 Å². The molecule has 0 spiro atoms. The lowest BCUT2D eigenvalue weighted by Gasteiger charge is -2.19. The molecule has 1 atom stereocenters. The predicted octanol–water partition coefficient (Wildman–Crippen LogP) is 3.85. The number of nitrogens with zero attached hydrogens (tertiary/aromatic N) is 2. The Morgan fingerprint density at radius 3 is 2.70 bits per heavy atom. The zero-order chi connectivity index (χ0) is 19.2. The molecule has 0 saturated heterocycles. The van der Waals surface area contributed by atoms with Gasteiger partial charge in [-0.2, -0.15) is 0 Å². The minimum Gasteiger partial charge on any atom is -0.481 e. The summed E-state index contributed by atoms with van der Waals surface area (Å²) in [5.74, 6) is -1.10. The number of benzene rings is 1. The monoisotopic (exact) mass is 402 g/mol. The summed E-state index contributed by atoms with van der Waals surface area (Å²) in [7, 11) is 0. The molecule has 27 heavy (non-hydrogen) atoms. The van der Waals surface area contributed by atoms with Crippen LogP contribution >= 0.6 is 23.6 Å². The Kier molecular flexibility index (Phi) is 6.05. The molecule has 0 fully saturated rings. The van der Waals surface area contributed by atoms with E-state index in [0.717, 1.165) is 10.6 Å². The smallest absolute Gasteiger partial charge is 0.305 e. The fraction of sp³-hybridized carbons (Fsp3) is 0.111. The minimum absolute atomic E-state index is 0.175. The Balaban J connectivity index is 1.71. The number of carboxylic acids is 1. The molecule has 3 aromatic rings. The zero-order valence-electron chi connectivity index (χ0n) is 13.9. The van der Waals surface area contributed by atoms with Gasteiger partial charge in [0.2, 0.25) is 5.95 Å². The van der Waals surface area contributed by atoms with E-state index < -0.39 is 17.8 Å². The second-order valence-corrected chi connectivity index (χ2v) is 6.90. The van der Waals surface area contributed by atoms with E-state index in [1.54, 1.807) is 23.6 Å². The van der Waals surface area contributed by atoms with E-state index in [1.165, 1.54) is 24.3 Å². The van der Waals surface area contributed by atoms with Gasteiger partial charge in [-0.15, -0.1) is 11.3 Å². The fourth-order valence-electron chi connectivity index (χ4n) is 2.40. The third-order valence-electron chi connectivity index (χ3n) is 3.61. The van der Waals surface area contributed by atoms with Crippen LogP contribution in [0, 0.1) is 5.82 Å². The lowest BCUT2D eigenvalue weighted by atomic mass is 10.0. The van der Waals surface area contributed by atoms with Gasteiger partial charge in [0.15, 0.2) is 5.11 Å². The molecule has 6 nitrogen and oxygen atoms in total. The molecule has 1 aromatic carbocycles. The van der Waals surface area contributed by atoms with E-state index >= 15 is 0 Å². The molecule has 2 heterocycles. The number of halogens is 1. The molecule has 0 radical (unpaired) electrons. The molecule has 2 aromatic heterocycles. The summed E-state index contributed by atoms with van der Waals surface area (Å²) < 4.78 is 13.1. The second kappa shape index (κ2) is 8.65. The summed E-state index contributed by atoms with van der Waals surface area (Å²) in [5, 5.41) is 17.1. The van der Waals surface area contributed by atoms with Crippen molar-refractivity contribution in [1.82, 2.24) is 15.3 Å². The third-order valence-corrected chi connectivity index (χ3v) is 4.72. The summed E-state index contributed by atoms with van der Waals surface area (Å²) in [5.41, 5.74) is 1.36. The summed E-state index contributed by atoms with van der Waals surface area (Å²) in [6, 6.07) is 10.6. The summed E-state index contributed by atoms with van der Waals surface area (Å²) in [4.78, 5) is 20.7. The maximum absolute atomic E-state index is 13.1. The molecule has 0 amide bonds. The number of thiocarbonyl (C=S) groups is 1. The van der Waals surface area contributed by atoms with E-state index in [-0.39, 0.29) is 11.5 Å². The van der Waals surface area contributed by atoms with Gasteiger partial charge in [-0.3, -0.25) is 4.79 Å². The normalized spacial score (nSPS) is 11.6. The lowest BCUT2D eigenvalue weighted by molar-refractivity contribution is -0.137. The minimum atomic E-state index is -1.00. The molecule has 0 aliphatic heterocycles. The van der Waals surface area contributed by atoms with Crippen molar-refractivity contribution in [2.45, 2.75) is 12.5 Å². The molecule has 0 aliphatic carbocycles. The van der Waals surface area contributed by atoms with Crippen LogP contribution in [0.15, 0.2) is 54.0 Å². The van der Waals surface area contributed by atoms with Crippen LogP contribution in [0.5, 0.6) is 0 Å². The van der Waals surface area contributed by atoms with Gasteiger partial charge in [-0.1, -0.05) is 18.2 Å². The second-order valence-electron chi connectivity index (χ2n) is 5.54. The fourth-order valence-corrected chi connectivity index (χ4v) is 3.33. The number of anilines is 1. The lowest BCUT2D eigenvalue weighted by Crippen LogP contribution is -2.34. The number of aliphatic carboxylic acids is 1. The Morgan fingerprint density at radius 1 is 1.26 bits per heavy atom. The van der Waals surface area contributed by atoms with E-state index in [9.17, 15) is 9.18 Å². The standard InChI is InChI=1S/C18H15FN4O2S2/c19-12-5-3-11(4-6-12)14(10-16(24)25)22-18(26)23-17-20-8-7-13(21-17)15-2-1-9-27-15/h1-9,14H,10H2,(H,24,25)(H2,20,21,22,23,26)/t14-/m0/s1. The number of hydrogen-bond acceptors (Lipinski definition) is 5. The first-order valence-electron chi connectivity index (χ1n) is 7.93. The van der Waals surface area contributed by atoms with Gasteiger partial charge in [0.1, 0.15) is 5.82 Å². The highest BCUT2D eigenvalue weighted by Gasteiger charge is 2.17. The average molecular weight is 402 g/mol. The average Bonchev–Trinajstić information content (AvgIpc) is 3.16. The van der Waals surface area contributed by atoms with Crippen molar-refractivity contribution in [2.24, 2.45) is 0 Å². The summed E-state index contributed by atoms with van der Waals surface area (Å²) in [6.07, 6.45) is 1.39. The van der Waals surface area contributed by atoms with Crippen LogP contribution in [0.25, 0.3) is 10.6 Å². The number of carbonyl (C=O) groups is 1. The van der Waals surface area contributed by atoms with Crippen molar-refractivity contribution in [2.75, 3.05) is 5.32 Å². The Bertz CT molecular complexity index is 933. The number of thiophene rings is 1. The van der Waals surface area contributed by atoms with E-state index in [4.69, 9.17) is 17.3 Å². The Hall–Kier alpha value is -2.91. The zero-order valence-corrected chi connectivity index (χ0v) is 15.6. The quantitative estimate of drug-likeness (QED) is 0.540. The van der Waals surface area contributed by atoms with Crippen molar-refractivity contribution < 1.29 is 14.3 Å². The Morgan fingerprint density at radius 2 is 2.04 bits per heavy atom. The van der Waals surface area contributed by atoms with Crippen molar-refractivity contribution in [3.05, 3.63) is 65.4 Å². The molecule has 0 bridgehead atoms. The molecule has 0 saturated carbocycles. The third kappa shape index (κ3) is 5.28. The molecular formula is C18H15FN4O2S2. The number of hydrogen-bond donors (Lipinski definition) is 3. The van der Waals surface area contributed by atoms with E-state index in [1.807, 2.05) is 17.5 Å². The number of nitrogens with one attached hydrogen (secondary N) is 2. The number of rotatable bonds is 6. The molecule has 138 valence electrons. The van der Waals surface area contributed by atoms with Crippen molar-refractivity contribution in [3.63, 3.8) is 0 Å². The highest BCUT2D eigenvalue weighted by atomic mass is 32.1. The van der Waals surface area contributed by atoms with Gasteiger partial charge in [0.05, 0.1) is 23.0 Å². The Labute approximate surface area is 164 Å². The largest absolute Gasteiger partial charge is 0.481 e. The maximum Gasteiger partial charge on any atom is 0.305 e. The summed E-state index contributed by atoms with van der Waals surface area (Å²) in [6.45, 7) is 0. The van der Waals surface area contributed by atoms with Gasteiger partial charge in [-0.05, 0) is 47.4 Å². The molecular weight excluding hydrogens is 387 g/mol. The van der Waals surface area contributed by atoms with Gasteiger partial charge in [0.25, 0.3) is 0 Å². The first-order chi connectivity index (χ1) is 13.0. The predicted molar refractivity (Wildman–Crippen MR) is 106 cm³/mol. The van der Waals surface area contributed by atoms with E-state index in [0.29, 0.717) is 11.5 Å². The van der Waals surface area contributed by atoms with Crippen molar-refractivity contribution >= 4 is 40.6 Å². The van der Waals surface area contributed by atoms with Crippen molar-refractivity contribution in [1.29, 1.82) is 0 Å². The van der Waals surface area contributed by atoms with Crippen LogP contribution in [0.1, 0.15) is 18.0 Å². The van der Waals surface area contributed by atoms with Crippen LogP contribution in [0.3, 0.4) is 0 Å². The SMILES string of the molecule is O=C(O)C[C@H](NC(=S)Nc1nccc(-c2cccs2)n1)c1ccc(F)cc1. The molecule has 0 unspecified atom stereocenters. The van der Waals surface area contributed by atoms with Crippen LogP contribution < -0.4 is 10.6 Å². The highest BCUT2D eigenvalue weighted by Crippen LogP contribution is 2.23. The van der Waals surface area contributed by atoms with E-state index in [2.05, 4.69) is 20.6 Å². The molecule has 3 N–H and O–H groups in total. The van der Waals surface area contributed by atoms with Crippen LogP contribution in [-0.2, 0) is 4.79 Å². The van der Waals surface area contributed by atoms with Crippen LogP contribution in [0.2, 0.25) is 0 Å². The van der Waals surface area contributed by atoms with Gasteiger partial charge in [-0.25, -0.2) is 14.4 Å². The molecule has 9 heteroatoms. The van der Waals surface area contributed by atoms with Crippen LogP contribution in [-0.4, -0.2) is 26.2 Å². The summed E-state index contributed by atoms with van der Waals surface area (Å²) >= 11 is 6.82. The first-order valence-corrected chi connectivity index (χ1v) is 9.22. The molecule has 0 aliphatic rings. The maximum atomic E-state index is 13.1. The first kappa shape index (κ1) is 18.9.